The van der Waals surface area contributed by atoms with Gasteiger partial charge in [0.2, 0.25) is 0 Å². The Morgan fingerprint density at radius 1 is 1.89 bits per heavy atom. The van der Waals surface area contributed by atoms with Crippen molar-refractivity contribution >= 4 is 5.97 Å². The standard InChI is InChI=1S/C6H10O3/c1-3-8-5(7)6(2)4-9-6/h3-4H2,1-2H3/t6-/m0/s1. The molecule has 1 saturated heterocycles. The second-order valence-electron chi connectivity index (χ2n) is 2.24. The predicted octanol–water partition coefficient (Wildman–Crippen LogP) is 0.338. The van der Waals surface area contributed by atoms with Crippen LogP contribution in [0.15, 0.2) is 0 Å². The third kappa shape index (κ3) is 1.21. The molecule has 0 saturated carbocycles. The van der Waals surface area contributed by atoms with Crippen LogP contribution in [0.2, 0.25) is 0 Å². The molecule has 0 bridgehead atoms. The third-order valence-electron chi connectivity index (χ3n) is 1.28. The highest BCUT2D eigenvalue weighted by Crippen LogP contribution is 2.26. The average molecular weight is 130 g/mol. The second kappa shape index (κ2) is 1.99. The largest absolute Gasteiger partial charge is 0.464 e. The lowest BCUT2D eigenvalue weighted by molar-refractivity contribution is -0.148. The number of carbonyl (C=O) groups is 1. The van der Waals surface area contributed by atoms with Crippen LogP contribution < -0.4 is 0 Å². The van der Waals surface area contributed by atoms with Crippen molar-refractivity contribution in [1.29, 1.82) is 0 Å². The Hall–Kier alpha value is -0.570. The zero-order chi connectivity index (χ0) is 6.91. The van der Waals surface area contributed by atoms with Gasteiger partial charge in [-0.3, -0.25) is 0 Å². The van der Waals surface area contributed by atoms with Gasteiger partial charge < -0.3 is 9.47 Å². The summed E-state index contributed by atoms with van der Waals surface area (Å²) in [5.41, 5.74) is -0.601. The molecule has 0 aromatic carbocycles. The maximum atomic E-state index is 10.8. The molecule has 52 valence electrons. The molecule has 1 aliphatic rings. The summed E-state index contributed by atoms with van der Waals surface area (Å²) < 4.78 is 9.54. The highest BCUT2D eigenvalue weighted by molar-refractivity contribution is 5.81. The van der Waals surface area contributed by atoms with E-state index in [1.54, 1.807) is 13.8 Å². The summed E-state index contributed by atoms with van der Waals surface area (Å²) in [5, 5.41) is 0. The van der Waals surface area contributed by atoms with Crippen molar-refractivity contribution in [1.82, 2.24) is 0 Å². The molecule has 0 N–H and O–H groups in total. The molecule has 1 aliphatic heterocycles. The molecule has 1 heterocycles. The monoisotopic (exact) mass is 130 g/mol. The van der Waals surface area contributed by atoms with E-state index in [0.717, 1.165) is 0 Å². The Kier molecular flexibility index (Phi) is 1.45. The molecule has 0 aliphatic carbocycles. The molecule has 0 radical (unpaired) electrons. The topological polar surface area (TPSA) is 38.8 Å². The van der Waals surface area contributed by atoms with Crippen LogP contribution in [0.3, 0.4) is 0 Å². The van der Waals surface area contributed by atoms with Crippen LogP contribution in [0.4, 0.5) is 0 Å². The van der Waals surface area contributed by atoms with Crippen molar-refractivity contribution in [3.05, 3.63) is 0 Å². The van der Waals surface area contributed by atoms with Crippen LogP contribution in [0, 0.1) is 0 Å². The first-order chi connectivity index (χ1) is 4.19. The Morgan fingerprint density at radius 3 is 2.78 bits per heavy atom. The third-order valence-corrected chi connectivity index (χ3v) is 1.28. The van der Waals surface area contributed by atoms with Crippen LogP contribution in [-0.2, 0) is 14.3 Å². The number of hydrogen-bond acceptors (Lipinski definition) is 3. The van der Waals surface area contributed by atoms with E-state index in [0.29, 0.717) is 13.2 Å². The van der Waals surface area contributed by atoms with Gasteiger partial charge in [0.25, 0.3) is 0 Å². The van der Waals surface area contributed by atoms with Crippen LogP contribution >= 0.6 is 0 Å². The van der Waals surface area contributed by atoms with E-state index in [1.807, 2.05) is 0 Å². The fourth-order valence-electron chi connectivity index (χ4n) is 0.510. The van der Waals surface area contributed by atoms with Crippen molar-refractivity contribution in [3.8, 4) is 0 Å². The summed E-state index contributed by atoms with van der Waals surface area (Å²) in [6.07, 6.45) is 0. The molecule has 0 spiro atoms. The average Bonchev–Trinajstić information content (AvgIpc) is 2.50. The molecule has 0 aromatic heterocycles. The molecule has 1 rings (SSSR count). The van der Waals surface area contributed by atoms with Gasteiger partial charge in [-0.25, -0.2) is 4.79 Å². The van der Waals surface area contributed by atoms with Crippen molar-refractivity contribution in [2.24, 2.45) is 0 Å². The van der Waals surface area contributed by atoms with Crippen LogP contribution in [-0.4, -0.2) is 24.8 Å². The number of epoxide rings is 1. The van der Waals surface area contributed by atoms with E-state index in [-0.39, 0.29) is 5.97 Å². The number of carbonyl (C=O) groups excluding carboxylic acids is 1. The predicted molar refractivity (Wildman–Crippen MR) is 31.0 cm³/mol. The van der Waals surface area contributed by atoms with Crippen molar-refractivity contribution < 1.29 is 14.3 Å². The van der Waals surface area contributed by atoms with Crippen LogP contribution in [0.1, 0.15) is 13.8 Å². The minimum absolute atomic E-state index is 0.245. The lowest BCUT2D eigenvalue weighted by Gasteiger charge is -2.02. The summed E-state index contributed by atoms with van der Waals surface area (Å²) in [4.78, 5) is 10.8. The van der Waals surface area contributed by atoms with Crippen molar-refractivity contribution in [3.63, 3.8) is 0 Å². The van der Waals surface area contributed by atoms with Gasteiger partial charge in [-0.2, -0.15) is 0 Å². The van der Waals surface area contributed by atoms with Gasteiger partial charge in [0.05, 0.1) is 13.2 Å². The molecule has 3 nitrogen and oxygen atoms in total. The summed E-state index contributed by atoms with van der Waals surface area (Å²) in [6, 6.07) is 0. The van der Waals surface area contributed by atoms with Gasteiger partial charge in [-0.05, 0) is 13.8 Å². The van der Waals surface area contributed by atoms with Crippen LogP contribution in [0.25, 0.3) is 0 Å². The van der Waals surface area contributed by atoms with Gasteiger partial charge in [0.15, 0.2) is 5.60 Å². The summed E-state index contributed by atoms with van der Waals surface area (Å²) in [5.74, 6) is -0.245. The first-order valence-corrected chi connectivity index (χ1v) is 3.00. The fraction of sp³-hybridized carbons (Fsp3) is 0.833. The van der Waals surface area contributed by atoms with Gasteiger partial charge in [0, 0.05) is 0 Å². The molecule has 1 atom stereocenters. The maximum Gasteiger partial charge on any atom is 0.340 e. The van der Waals surface area contributed by atoms with E-state index in [1.165, 1.54) is 0 Å². The molecule has 9 heavy (non-hydrogen) atoms. The summed E-state index contributed by atoms with van der Waals surface area (Å²) >= 11 is 0. The summed E-state index contributed by atoms with van der Waals surface area (Å²) in [6.45, 7) is 4.44. The van der Waals surface area contributed by atoms with E-state index in [4.69, 9.17) is 9.47 Å². The number of ether oxygens (including phenoxy) is 2. The molecular weight excluding hydrogens is 120 g/mol. The maximum absolute atomic E-state index is 10.8. The van der Waals surface area contributed by atoms with E-state index in [9.17, 15) is 4.79 Å². The van der Waals surface area contributed by atoms with Gasteiger partial charge in [0.1, 0.15) is 0 Å². The fourth-order valence-corrected chi connectivity index (χ4v) is 0.510. The lowest BCUT2D eigenvalue weighted by atomic mass is 10.2. The minimum Gasteiger partial charge on any atom is -0.464 e. The Morgan fingerprint density at radius 2 is 2.44 bits per heavy atom. The zero-order valence-electron chi connectivity index (χ0n) is 5.64. The molecule has 3 heteroatoms. The van der Waals surface area contributed by atoms with Crippen molar-refractivity contribution in [2.75, 3.05) is 13.2 Å². The Labute approximate surface area is 53.9 Å². The smallest absolute Gasteiger partial charge is 0.340 e. The molecule has 1 fully saturated rings. The minimum atomic E-state index is -0.601. The summed E-state index contributed by atoms with van der Waals surface area (Å²) in [7, 11) is 0. The number of hydrogen-bond donors (Lipinski definition) is 0. The lowest BCUT2D eigenvalue weighted by Crippen LogP contribution is -2.22. The highest BCUT2D eigenvalue weighted by Gasteiger charge is 2.48. The van der Waals surface area contributed by atoms with E-state index >= 15 is 0 Å². The molecular formula is C6H10O3. The van der Waals surface area contributed by atoms with E-state index in [2.05, 4.69) is 0 Å². The molecule has 0 aromatic rings. The van der Waals surface area contributed by atoms with Gasteiger partial charge in [-0.1, -0.05) is 0 Å². The molecule has 0 unspecified atom stereocenters. The highest BCUT2D eigenvalue weighted by atomic mass is 16.6. The number of esters is 1. The Balaban J connectivity index is 2.34. The SMILES string of the molecule is CCOC(=O)[C@]1(C)CO1. The van der Waals surface area contributed by atoms with Crippen LogP contribution in [0.5, 0.6) is 0 Å². The second-order valence-corrected chi connectivity index (χ2v) is 2.24. The zero-order valence-corrected chi connectivity index (χ0v) is 5.64. The van der Waals surface area contributed by atoms with E-state index < -0.39 is 5.60 Å². The Bertz CT molecular complexity index is 126. The normalized spacial score (nSPS) is 31.8. The molecule has 0 amide bonds. The first-order valence-electron chi connectivity index (χ1n) is 3.00. The number of rotatable bonds is 2. The van der Waals surface area contributed by atoms with Crippen molar-refractivity contribution in [2.45, 2.75) is 19.4 Å². The first kappa shape index (κ1) is 6.55. The van der Waals surface area contributed by atoms with Gasteiger partial charge >= 0.3 is 5.97 Å². The van der Waals surface area contributed by atoms with Gasteiger partial charge in [-0.15, -0.1) is 0 Å². The quantitative estimate of drug-likeness (QED) is 0.399.